The summed E-state index contributed by atoms with van der Waals surface area (Å²) in [6, 6.07) is 18.6. The van der Waals surface area contributed by atoms with Crippen molar-refractivity contribution in [1.29, 1.82) is 0 Å². The monoisotopic (exact) mass is 860 g/mol. The fraction of sp³-hybridized carbons (Fsp3) is 0.447. The number of alkyl carbamates (subject to hydrolysis) is 2. The molecular weight excluding hydrogens is 805 g/mol. The minimum atomic E-state index is -0.959. The van der Waals surface area contributed by atoms with Crippen LogP contribution in [-0.4, -0.2) is 120 Å². The van der Waals surface area contributed by atoms with Gasteiger partial charge in [0.25, 0.3) is 0 Å². The standard InChI is InChI=1S/C47H56N8O8/c1-24(2)38(52-46(58)62-7)44(56)54-21-25(3)17-36(54)42-48-34-15-11-30-19-28(9-13-32(30)40(34)50-42)29-10-14-33-31(20-29)12-16-35-41(33)51-43(49-35)37-18-27(23-60-5)22-55(37)45(57)39(26(4)61-6)53-47(59)63-8/h9-16,19-20,24-27,36-39H,17-18,21-23H2,1-8H3,(H,48,50)(H,49,51)(H,52,58)(H,53,59)/t25-,26+,27-,36-,37-,38?,39-/m0/s1. The number of fused-ring (bicyclic) bond motifs is 6. The minimum Gasteiger partial charge on any atom is -0.453 e. The molecule has 4 heterocycles. The fourth-order valence-corrected chi connectivity index (χ4v) is 9.42. The van der Waals surface area contributed by atoms with Crippen LogP contribution in [0, 0.1) is 17.8 Å². The third-order valence-electron chi connectivity index (χ3n) is 12.8. The van der Waals surface area contributed by atoms with Gasteiger partial charge in [-0.05, 0) is 77.8 Å². The molecule has 2 saturated heterocycles. The van der Waals surface area contributed by atoms with Crippen molar-refractivity contribution in [3.8, 4) is 11.1 Å². The third kappa shape index (κ3) is 8.36. The Balaban J connectivity index is 1.07. The van der Waals surface area contributed by atoms with Crippen LogP contribution in [0.5, 0.6) is 0 Å². The van der Waals surface area contributed by atoms with Crippen LogP contribution in [0.15, 0.2) is 60.7 Å². The first-order valence-electron chi connectivity index (χ1n) is 21.5. The molecule has 4 amide bonds. The molecule has 16 heteroatoms. The van der Waals surface area contributed by atoms with Gasteiger partial charge in [0.15, 0.2) is 0 Å². The Morgan fingerprint density at radius 1 is 0.698 bits per heavy atom. The molecule has 2 aliphatic rings. The van der Waals surface area contributed by atoms with Crippen molar-refractivity contribution >= 4 is 67.6 Å². The van der Waals surface area contributed by atoms with Gasteiger partial charge in [-0.2, -0.15) is 0 Å². The van der Waals surface area contributed by atoms with Crippen LogP contribution in [0.1, 0.15) is 64.3 Å². The number of likely N-dealkylation sites (tertiary alicyclic amines) is 2. The summed E-state index contributed by atoms with van der Waals surface area (Å²) in [5, 5.41) is 9.49. The van der Waals surface area contributed by atoms with Gasteiger partial charge >= 0.3 is 12.2 Å². The molecule has 2 aromatic heterocycles. The zero-order chi connectivity index (χ0) is 44.7. The van der Waals surface area contributed by atoms with Gasteiger partial charge in [0, 0.05) is 44.0 Å². The van der Waals surface area contributed by atoms with Crippen LogP contribution in [0.3, 0.4) is 0 Å². The number of nitrogens with one attached hydrogen (secondary N) is 4. The topological polar surface area (TPSA) is 193 Å². The number of methoxy groups -OCH3 is 4. The lowest BCUT2D eigenvalue weighted by Crippen LogP contribution is -2.54. The Morgan fingerprint density at radius 2 is 1.21 bits per heavy atom. The minimum absolute atomic E-state index is 0.0689. The summed E-state index contributed by atoms with van der Waals surface area (Å²) in [4.78, 5) is 73.2. The summed E-state index contributed by atoms with van der Waals surface area (Å²) in [5.41, 5.74) is 5.49. The fourth-order valence-electron chi connectivity index (χ4n) is 9.42. The van der Waals surface area contributed by atoms with Gasteiger partial charge in [0.2, 0.25) is 11.8 Å². The number of ether oxygens (including phenoxy) is 4. The molecule has 0 bridgehead atoms. The number of benzene rings is 4. The van der Waals surface area contributed by atoms with Crippen LogP contribution in [-0.2, 0) is 28.5 Å². The number of rotatable bonds is 12. The highest BCUT2D eigenvalue weighted by Gasteiger charge is 2.43. The molecule has 0 spiro atoms. The lowest BCUT2D eigenvalue weighted by atomic mass is 9.98. The highest BCUT2D eigenvalue weighted by atomic mass is 16.5. The van der Waals surface area contributed by atoms with Gasteiger partial charge in [-0.25, -0.2) is 19.6 Å². The first-order chi connectivity index (χ1) is 30.3. The molecule has 6 aromatic rings. The number of imidazole rings is 2. The molecule has 4 aromatic carbocycles. The number of nitrogens with zero attached hydrogens (tertiary/aromatic N) is 4. The van der Waals surface area contributed by atoms with Crippen molar-refractivity contribution in [2.75, 3.05) is 48.1 Å². The zero-order valence-corrected chi connectivity index (χ0v) is 37.0. The maximum absolute atomic E-state index is 14.1. The van der Waals surface area contributed by atoms with Crippen LogP contribution in [0.2, 0.25) is 0 Å². The summed E-state index contributed by atoms with van der Waals surface area (Å²) in [5.74, 6) is 1.15. The van der Waals surface area contributed by atoms with E-state index in [2.05, 4.69) is 76.1 Å². The SMILES string of the molecule is COC[C@H]1C[C@@H](c2nc3ccc4cc(-c5ccc6c(ccc7nc([C@@H]8C[C@H](C)CN8C(=O)C(NC(=O)OC)C(C)C)[nH]c76)c5)ccc4c3[nH]2)N(C(=O)[C@@H](NC(=O)OC)[C@@H](C)OC)C1. The van der Waals surface area contributed by atoms with Gasteiger partial charge in [0.05, 0.1) is 61.1 Å². The van der Waals surface area contributed by atoms with Crippen LogP contribution >= 0.6 is 0 Å². The normalized spacial score (nSPS) is 20.5. The van der Waals surface area contributed by atoms with Gasteiger partial charge in [-0.1, -0.05) is 57.2 Å². The molecule has 0 aliphatic carbocycles. The number of hydrogen-bond acceptors (Lipinski definition) is 10. The number of carbonyl (C=O) groups is 4. The summed E-state index contributed by atoms with van der Waals surface area (Å²) in [6.07, 6.45) is -0.562. The van der Waals surface area contributed by atoms with Crippen LogP contribution in [0.25, 0.3) is 54.7 Å². The van der Waals surface area contributed by atoms with E-state index >= 15 is 0 Å². The Morgan fingerprint density at radius 3 is 1.71 bits per heavy atom. The molecule has 8 rings (SSSR count). The number of aromatic nitrogens is 4. The van der Waals surface area contributed by atoms with E-state index in [0.717, 1.165) is 67.0 Å². The Kier molecular flexibility index (Phi) is 12.3. The summed E-state index contributed by atoms with van der Waals surface area (Å²) in [6.45, 7) is 9.15. The molecule has 2 aliphatic heterocycles. The third-order valence-corrected chi connectivity index (χ3v) is 12.8. The smallest absolute Gasteiger partial charge is 0.407 e. The van der Waals surface area contributed by atoms with Crippen LogP contribution in [0.4, 0.5) is 9.59 Å². The maximum Gasteiger partial charge on any atom is 0.407 e. The predicted octanol–water partition coefficient (Wildman–Crippen LogP) is 7.00. The van der Waals surface area contributed by atoms with Gasteiger partial charge in [-0.3, -0.25) is 9.59 Å². The van der Waals surface area contributed by atoms with Crippen molar-refractivity contribution in [3.63, 3.8) is 0 Å². The number of H-pyrrole nitrogens is 2. The Labute approximate surface area is 365 Å². The molecule has 0 radical (unpaired) electrons. The molecule has 63 heavy (non-hydrogen) atoms. The lowest BCUT2D eigenvalue weighted by Gasteiger charge is -2.30. The van der Waals surface area contributed by atoms with E-state index in [1.807, 2.05) is 30.9 Å². The average molecular weight is 861 g/mol. The van der Waals surface area contributed by atoms with Gasteiger partial charge in [0.1, 0.15) is 23.7 Å². The molecular formula is C47H56N8O8. The molecule has 7 atom stereocenters. The number of aromatic amines is 2. The van der Waals surface area contributed by atoms with Crippen molar-refractivity contribution < 1.29 is 38.1 Å². The number of carbonyl (C=O) groups excluding carboxylic acids is 4. The van der Waals surface area contributed by atoms with E-state index in [1.165, 1.54) is 21.3 Å². The molecule has 332 valence electrons. The molecule has 16 nitrogen and oxygen atoms in total. The average Bonchev–Trinajstić information content (AvgIpc) is 4.10. The quantitative estimate of drug-likeness (QED) is 0.0996. The second-order valence-corrected chi connectivity index (χ2v) is 17.4. The lowest BCUT2D eigenvalue weighted by molar-refractivity contribution is -0.138. The predicted molar refractivity (Wildman–Crippen MR) is 239 cm³/mol. The Hall–Kier alpha value is -6.26. The highest BCUT2D eigenvalue weighted by Crippen LogP contribution is 2.40. The van der Waals surface area contributed by atoms with Crippen molar-refractivity contribution in [3.05, 3.63) is 72.3 Å². The second-order valence-electron chi connectivity index (χ2n) is 17.4. The zero-order valence-electron chi connectivity index (χ0n) is 37.0. The molecule has 4 N–H and O–H groups in total. The summed E-state index contributed by atoms with van der Waals surface area (Å²) in [7, 11) is 5.70. The maximum atomic E-state index is 14.1. The molecule has 1 unspecified atom stereocenters. The van der Waals surface area contributed by atoms with E-state index in [9.17, 15) is 19.2 Å². The summed E-state index contributed by atoms with van der Waals surface area (Å²) < 4.78 is 20.6. The van der Waals surface area contributed by atoms with E-state index in [-0.39, 0.29) is 41.7 Å². The van der Waals surface area contributed by atoms with E-state index < -0.39 is 30.4 Å². The number of hydrogen-bond donors (Lipinski definition) is 4. The van der Waals surface area contributed by atoms with Crippen molar-refractivity contribution in [2.24, 2.45) is 17.8 Å². The van der Waals surface area contributed by atoms with Crippen molar-refractivity contribution in [2.45, 2.75) is 70.8 Å². The Bertz CT molecular complexity index is 2690. The van der Waals surface area contributed by atoms with E-state index in [1.54, 1.807) is 18.9 Å². The summed E-state index contributed by atoms with van der Waals surface area (Å²) >= 11 is 0. The van der Waals surface area contributed by atoms with Gasteiger partial charge < -0.3 is 49.3 Å². The molecule has 0 saturated carbocycles. The highest BCUT2D eigenvalue weighted by molar-refractivity contribution is 6.07. The van der Waals surface area contributed by atoms with E-state index in [4.69, 9.17) is 28.9 Å². The molecule has 2 fully saturated rings. The second kappa shape index (κ2) is 17.8. The largest absolute Gasteiger partial charge is 0.453 e. The first kappa shape index (κ1) is 43.4. The van der Waals surface area contributed by atoms with E-state index in [0.29, 0.717) is 31.9 Å². The number of amides is 4. The van der Waals surface area contributed by atoms with Gasteiger partial charge in [-0.15, -0.1) is 0 Å². The van der Waals surface area contributed by atoms with Crippen LogP contribution < -0.4 is 10.6 Å². The van der Waals surface area contributed by atoms with Crippen molar-refractivity contribution in [1.82, 2.24) is 40.4 Å². The first-order valence-corrected chi connectivity index (χ1v) is 21.5.